The van der Waals surface area contributed by atoms with Crippen LogP contribution in [-0.2, 0) is 6.42 Å². The Hall–Kier alpha value is 0.1000. The third-order valence-corrected chi connectivity index (χ3v) is 6.64. The minimum Gasteiger partial charge on any atom is -0.315 e. The number of hydrogen-bond donors (Lipinski definition) is 1. The topological polar surface area (TPSA) is 15.3 Å². The van der Waals surface area contributed by atoms with Crippen LogP contribution >= 0.6 is 27.3 Å². The Morgan fingerprint density at radius 1 is 1.55 bits per heavy atom. The normalized spacial score (nSPS) is 28.8. The third-order valence-electron chi connectivity index (χ3n) is 4.92. The van der Waals surface area contributed by atoms with Crippen molar-refractivity contribution in [3.05, 3.63) is 20.8 Å². The maximum absolute atomic E-state index is 3.62. The average molecular weight is 359 g/mol. The zero-order chi connectivity index (χ0) is 14.8. The molecule has 3 atom stereocenters. The van der Waals surface area contributed by atoms with E-state index in [1.54, 1.807) is 0 Å². The van der Waals surface area contributed by atoms with Crippen molar-refractivity contribution in [3.8, 4) is 0 Å². The summed E-state index contributed by atoms with van der Waals surface area (Å²) in [6, 6.07) is 2.79. The van der Waals surface area contributed by atoms with E-state index >= 15 is 0 Å². The summed E-state index contributed by atoms with van der Waals surface area (Å²) in [7, 11) is 6.64. The van der Waals surface area contributed by atoms with Gasteiger partial charge in [-0.3, -0.25) is 0 Å². The molecule has 0 saturated heterocycles. The maximum Gasteiger partial charge on any atom is 0.0362 e. The van der Waals surface area contributed by atoms with Crippen molar-refractivity contribution in [2.24, 2.45) is 5.92 Å². The average Bonchev–Trinajstić information content (AvgIpc) is 2.81. The van der Waals surface area contributed by atoms with Gasteiger partial charge in [0.2, 0.25) is 0 Å². The Labute approximate surface area is 136 Å². The quantitative estimate of drug-likeness (QED) is 0.850. The number of rotatable bonds is 5. The van der Waals surface area contributed by atoms with E-state index in [2.05, 4.69) is 65.7 Å². The standard InChI is InChI=1S/C16H27BrN2S/c1-12-6-5-7-16(10-12,19(3)4)15(18-2)9-14-8-13(17)11-20-14/h8,11-12,15,18H,5-7,9-10H2,1-4H3. The van der Waals surface area contributed by atoms with Crippen LogP contribution in [0.3, 0.4) is 0 Å². The Balaban J connectivity index is 2.20. The minimum absolute atomic E-state index is 0.295. The van der Waals surface area contributed by atoms with Crippen LogP contribution in [0.15, 0.2) is 15.9 Å². The summed E-state index contributed by atoms with van der Waals surface area (Å²) in [6.45, 7) is 2.41. The van der Waals surface area contributed by atoms with Crippen LogP contribution in [0.4, 0.5) is 0 Å². The van der Waals surface area contributed by atoms with Gasteiger partial charge in [-0.15, -0.1) is 11.3 Å². The molecule has 1 saturated carbocycles. The second-order valence-electron chi connectivity index (χ2n) is 6.48. The Kier molecular flexibility index (Phi) is 5.69. The van der Waals surface area contributed by atoms with Gasteiger partial charge in [0.05, 0.1) is 0 Å². The molecule has 114 valence electrons. The van der Waals surface area contributed by atoms with E-state index in [9.17, 15) is 0 Å². The highest BCUT2D eigenvalue weighted by Gasteiger charge is 2.43. The van der Waals surface area contributed by atoms with E-state index in [-0.39, 0.29) is 0 Å². The van der Waals surface area contributed by atoms with Gasteiger partial charge in [0, 0.05) is 26.3 Å². The van der Waals surface area contributed by atoms with Gasteiger partial charge in [-0.2, -0.15) is 0 Å². The summed E-state index contributed by atoms with van der Waals surface area (Å²) in [4.78, 5) is 3.95. The predicted molar refractivity (Wildman–Crippen MR) is 92.6 cm³/mol. The molecule has 1 N–H and O–H groups in total. The van der Waals surface area contributed by atoms with E-state index in [0.717, 1.165) is 12.3 Å². The van der Waals surface area contributed by atoms with Gasteiger partial charge in [-0.25, -0.2) is 0 Å². The molecule has 1 aromatic rings. The highest BCUT2D eigenvalue weighted by atomic mass is 79.9. The molecule has 0 spiro atoms. The Morgan fingerprint density at radius 3 is 2.80 bits per heavy atom. The van der Waals surface area contributed by atoms with Crippen LogP contribution in [0.2, 0.25) is 0 Å². The van der Waals surface area contributed by atoms with Crippen molar-refractivity contribution in [1.82, 2.24) is 10.2 Å². The molecule has 1 aromatic heterocycles. The molecule has 1 aliphatic carbocycles. The van der Waals surface area contributed by atoms with Crippen LogP contribution in [0.1, 0.15) is 37.5 Å². The van der Waals surface area contributed by atoms with Crippen LogP contribution in [0.5, 0.6) is 0 Å². The molecule has 0 amide bonds. The molecule has 0 aliphatic heterocycles. The molecular formula is C16H27BrN2S. The fraction of sp³-hybridized carbons (Fsp3) is 0.750. The molecule has 2 nitrogen and oxygen atoms in total. The predicted octanol–water partition coefficient (Wildman–Crippen LogP) is 4.15. The van der Waals surface area contributed by atoms with E-state index in [1.165, 1.54) is 35.0 Å². The SMILES string of the molecule is CNC(Cc1cc(Br)cs1)C1(N(C)C)CCCC(C)C1. The summed E-state index contributed by atoms with van der Waals surface area (Å²) >= 11 is 5.43. The summed E-state index contributed by atoms with van der Waals surface area (Å²) in [5.74, 6) is 0.831. The van der Waals surface area contributed by atoms with Crippen molar-refractivity contribution in [2.45, 2.75) is 50.6 Å². The number of hydrogen-bond acceptors (Lipinski definition) is 3. The van der Waals surface area contributed by atoms with Crippen LogP contribution in [0.25, 0.3) is 0 Å². The number of thiophene rings is 1. The molecule has 1 fully saturated rings. The first-order chi connectivity index (χ1) is 9.48. The smallest absolute Gasteiger partial charge is 0.0362 e. The van der Waals surface area contributed by atoms with Gasteiger partial charge >= 0.3 is 0 Å². The van der Waals surface area contributed by atoms with Gasteiger partial charge in [-0.05, 0) is 68.3 Å². The van der Waals surface area contributed by atoms with E-state index in [4.69, 9.17) is 0 Å². The lowest BCUT2D eigenvalue weighted by Gasteiger charge is -2.50. The van der Waals surface area contributed by atoms with E-state index < -0.39 is 0 Å². The molecule has 20 heavy (non-hydrogen) atoms. The Morgan fingerprint density at radius 2 is 2.30 bits per heavy atom. The fourth-order valence-corrected chi connectivity index (χ4v) is 5.32. The molecular weight excluding hydrogens is 332 g/mol. The van der Waals surface area contributed by atoms with Crippen LogP contribution in [-0.4, -0.2) is 37.6 Å². The molecule has 1 heterocycles. The first-order valence-electron chi connectivity index (χ1n) is 7.55. The van der Waals surface area contributed by atoms with Crippen LogP contribution < -0.4 is 5.32 Å². The van der Waals surface area contributed by atoms with E-state index in [0.29, 0.717) is 11.6 Å². The second kappa shape index (κ2) is 6.91. The number of nitrogens with zero attached hydrogens (tertiary/aromatic N) is 1. The van der Waals surface area contributed by atoms with Crippen molar-refractivity contribution < 1.29 is 0 Å². The van der Waals surface area contributed by atoms with Crippen LogP contribution in [0, 0.1) is 5.92 Å². The van der Waals surface area contributed by atoms with Crippen molar-refractivity contribution in [2.75, 3.05) is 21.1 Å². The number of nitrogens with one attached hydrogen (secondary N) is 1. The largest absolute Gasteiger partial charge is 0.315 e. The zero-order valence-electron chi connectivity index (χ0n) is 13.1. The Bertz CT molecular complexity index is 432. The first kappa shape index (κ1) is 16.5. The molecule has 0 bridgehead atoms. The van der Waals surface area contributed by atoms with Gasteiger partial charge in [0.1, 0.15) is 0 Å². The molecule has 4 heteroatoms. The monoisotopic (exact) mass is 358 g/mol. The summed E-state index contributed by atoms with van der Waals surface area (Å²) < 4.78 is 1.21. The summed E-state index contributed by atoms with van der Waals surface area (Å²) in [5.41, 5.74) is 0.295. The lowest BCUT2D eigenvalue weighted by Crippen LogP contribution is -2.61. The second-order valence-corrected chi connectivity index (χ2v) is 8.39. The van der Waals surface area contributed by atoms with Gasteiger partial charge in [0.25, 0.3) is 0 Å². The van der Waals surface area contributed by atoms with Crippen molar-refractivity contribution in [1.29, 1.82) is 0 Å². The van der Waals surface area contributed by atoms with Gasteiger partial charge < -0.3 is 10.2 Å². The summed E-state index contributed by atoms with van der Waals surface area (Å²) in [6.07, 6.45) is 6.47. The van der Waals surface area contributed by atoms with Gasteiger partial charge in [-0.1, -0.05) is 19.8 Å². The third kappa shape index (κ3) is 3.46. The fourth-order valence-electron chi connectivity index (χ4n) is 3.82. The lowest BCUT2D eigenvalue weighted by atomic mass is 9.70. The molecule has 2 rings (SSSR count). The zero-order valence-corrected chi connectivity index (χ0v) is 15.5. The summed E-state index contributed by atoms with van der Waals surface area (Å²) in [5, 5.41) is 5.81. The lowest BCUT2D eigenvalue weighted by molar-refractivity contribution is 0.0401. The van der Waals surface area contributed by atoms with Crippen molar-refractivity contribution in [3.63, 3.8) is 0 Å². The highest BCUT2D eigenvalue weighted by Crippen LogP contribution is 2.39. The molecule has 1 aliphatic rings. The molecule has 0 aromatic carbocycles. The van der Waals surface area contributed by atoms with Gasteiger partial charge in [0.15, 0.2) is 0 Å². The molecule has 3 unspecified atom stereocenters. The molecule has 0 radical (unpaired) electrons. The maximum atomic E-state index is 3.62. The van der Waals surface area contributed by atoms with Crippen molar-refractivity contribution >= 4 is 27.3 Å². The highest BCUT2D eigenvalue weighted by molar-refractivity contribution is 9.10. The minimum atomic E-state index is 0.295. The number of halogens is 1. The number of likely N-dealkylation sites (N-methyl/N-ethyl adjacent to an activating group) is 2. The van der Waals surface area contributed by atoms with E-state index in [1.807, 2.05) is 11.3 Å². The first-order valence-corrected chi connectivity index (χ1v) is 9.23.